The molecule has 1 aliphatic heterocycles. The van der Waals surface area contributed by atoms with E-state index in [-0.39, 0.29) is 17.9 Å². The summed E-state index contributed by atoms with van der Waals surface area (Å²) in [5, 5.41) is 24.2. The van der Waals surface area contributed by atoms with Crippen molar-refractivity contribution in [2.45, 2.75) is 13.8 Å². The van der Waals surface area contributed by atoms with Gasteiger partial charge in [-0.05, 0) is 31.6 Å². The van der Waals surface area contributed by atoms with Crippen LogP contribution in [0.2, 0.25) is 0 Å². The van der Waals surface area contributed by atoms with Gasteiger partial charge in [0.1, 0.15) is 0 Å². The van der Waals surface area contributed by atoms with Gasteiger partial charge < -0.3 is 14.7 Å². The molecule has 8 nitrogen and oxygen atoms in total. The quantitative estimate of drug-likeness (QED) is 0.393. The minimum atomic E-state index is -0.728. The lowest BCUT2D eigenvalue weighted by Gasteiger charge is -2.07. The summed E-state index contributed by atoms with van der Waals surface area (Å²) in [6.07, 6.45) is 1.39. The highest BCUT2D eigenvalue weighted by molar-refractivity contribution is 6.24. The van der Waals surface area contributed by atoms with Gasteiger partial charge in [0.2, 0.25) is 5.75 Å². The Morgan fingerprint density at radius 1 is 1.52 bits per heavy atom. The van der Waals surface area contributed by atoms with Crippen LogP contribution in [0.15, 0.2) is 22.9 Å². The van der Waals surface area contributed by atoms with Crippen LogP contribution in [0, 0.1) is 10.1 Å². The van der Waals surface area contributed by atoms with Crippen LogP contribution in [0.3, 0.4) is 0 Å². The fourth-order valence-corrected chi connectivity index (χ4v) is 1.79. The van der Waals surface area contributed by atoms with Crippen molar-refractivity contribution in [1.29, 1.82) is 0 Å². The monoisotopic (exact) mass is 292 g/mol. The predicted molar refractivity (Wildman–Crippen MR) is 73.1 cm³/mol. The molecule has 1 heterocycles. The van der Waals surface area contributed by atoms with E-state index in [9.17, 15) is 20.0 Å². The average Bonchev–Trinajstić information content (AvgIpc) is 2.74. The van der Waals surface area contributed by atoms with Crippen LogP contribution < -0.4 is 4.74 Å². The SMILES string of the molecule is CCOc1cc(/C=C2\C(=O)ON=C2C)cc([N+](=O)[O-])c1O. The smallest absolute Gasteiger partial charge is 0.367 e. The van der Waals surface area contributed by atoms with E-state index in [1.807, 2.05) is 0 Å². The summed E-state index contributed by atoms with van der Waals surface area (Å²) in [7, 11) is 0. The number of ether oxygens (including phenoxy) is 1. The lowest BCUT2D eigenvalue weighted by molar-refractivity contribution is -0.386. The largest absolute Gasteiger partial charge is 0.500 e. The molecule has 1 aromatic carbocycles. The van der Waals surface area contributed by atoms with E-state index in [2.05, 4.69) is 9.99 Å². The van der Waals surface area contributed by atoms with Crippen molar-refractivity contribution in [3.8, 4) is 11.5 Å². The highest BCUT2D eigenvalue weighted by Crippen LogP contribution is 2.37. The zero-order valence-electron chi connectivity index (χ0n) is 11.3. The number of hydrogen-bond acceptors (Lipinski definition) is 7. The third kappa shape index (κ3) is 2.83. The molecule has 1 aromatic rings. The number of oxime groups is 1. The van der Waals surface area contributed by atoms with Crippen LogP contribution >= 0.6 is 0 Å². The number of phenolic OH excluding ortho intramolecular Hbond substituents is 1. The van der Waals surface area contributed by atoms with E-state index in [0.29, 0.717) is 11.3 Å². The molecular formula is C13H12N2O6. The van der Waals surface area contributed by atoms with Crippen LogP contribution in [0.4, 0.5) is 5.69 Å². The third-order valence-corrected chi connectivity index (χ3v) is 2.76. The van der Waals surface area contributed by atoms with E-state index in [1.54, 1.807) is 13.8 Å². The van der Waals surface area contributed by atoms with Crippen molar-refractivity contribution in [2.24, 2.45) is 5.16 Å². The average molecular weight is 292 g/mol. The van der Waals surface area contributed by atoms with Crippen LogP contribution in [0.5, 0.6) is 11.5 Å². The van der Waals surface area contributed by atoms with Crippen molar-refractivity contribution >= 4 is 23.4 Å². The molecule has 8 heteroatoms. The van der Waals surface area contributed by atoms with Crippen molar-refractivity contribution in [3.05, 3.63) is 33.4 Å². The van der Waals surface area contributed by atoms with Gasteiger partial charge in [-0.2, -0.15) is 0 Å². The van der Waals surface area contributed by atoms with E-state index >= 15 is 0 Å². The Kier molecular flexibility index (Phi) is 3.88. The Labute approximate surface area is 119 Å². The van der Waals surface area contributed by atoms with Gasteiger partial charge in [0.15, 0.2) is 5.75 Å². The van der Waals surface area contributed by atoms with Crippen molar-refractivity contribution in [3.63, 3.8) is 0 Å². The van der Waals surface area contributed by atoms with Gasteiger partial charge in [0.05, 0.1) is 22.8 Å². The molecule has 0 spiro atoms. The van der Waals surface area contributed by atoms with Crippen LogP contribution in [-0.2, 0) is 9.63 Å². The van der Waals surface area contributed by atoms with Gasteiger partial charge in [-0.25, -0.2) is 4.79 Å². The molecule has 1 aliphatic rings. The van der Waals surface area contributed by atoms with Crippen LogP contribution in [0.1, 0.15) is 19.4 Å². The number of aromatic hydroxyl groups is 1. The van der Waals surface area contributed by atoms with Crippen LogP contribution in [0.25, 0.3) is 6.08 Å². The molecule has 21 heavy (non-hydrogen) atoms. The first kappa shape index (κ1) is 14.5. The number of phenols is 1. The fourth-order valence-electron chi connectivity index (χ4n) is 1.79. The standard InChI is InChI=1S/C13H12N2O6/c1-3-20-11-6-8(5-10(12(11)16)15(18)19)4-9-7(2)14-21-13(9)17/h4-6,16H,3H2,1-2H3/b9-4-. The summed E-state index contributed by atoms with van der Waals surface area (Å²) in [5.41, 5.74) is 0.381. The van der Waals surface area contributed by atoms with E-state index in [1.165, 1.54) is 12.1 Å². The molecule has 0 amide bonds. The summed E-state index contributed by atoms with van der Waals surface area (Å²) in [6.45, 7) is 3.49. The second-order valence-electron chi connectivity index (χ2n) is 4.19. The first-order valence-electron chi connectivity index (χ1n) is 6.06. The second-order valence-corrected chi connectivity index (χ2v) is 4.19. The van der Waals surface area contributed by atoms with Crippen molar-refractivity contribution < 1.29 is 24.4 Å². The Balaban J connectivity index is 2.54. The van der Waals surface area contributed by atoms with Gasteiger partial charge >= 0.3 is 11.7 Å². The molecule has 0 unspecified atom stereocenters. The summed E-state index contributed by atoms with van der Waals surface area (Å²) < 4.78 is 5.16. The zero-order chi connectivity index (χ0) is 15.6. The second kappa shape index (κ2) is 5.61. The van der Waals surface area contributed by atoms with Crippen LogP contribution in [-0.4, -0.2) is 28.3 Å². The Morgan fingerprint density at radius 2 is 2.24 bits per heavy atom. The van der Waals surface area contributed by atoms with Gasteiger partial charge in [-0.15, -0.1) is 0 Å². The van der Waals surface area contributed by atoms with Gasteiger partial charge in [-0.1, -0.05) is 5.16 Å². The zero-order valence-corrected chi connectivity index (χ0v) is 11.3. The molecule has 0 aliphatic carbocycles. The summed E-state index contributed by atoms with van der Waals surface area (Å²) in [6, 6.07) is 2.54. The maximum absolute atomic E-state index is 11.5. The highest BCUT2D eigenvalue weighted by atomic mass is 16.7. The molecule has 110 valence electrons. The molecule has 1 N–H and O–H groups in total. The number of nitro benzene ring substituents is 1. The highest BCUT2D eigenvalue weighted by Gasteiger charge is 2.24. The maximum atomic E-state index is 11.5. The third-order valence-electron chi connectivity index (χ3n) is 2.76. The number of carbonyl (C=O) groups is 1. The number of rotatable bonds is 4. The Bertz CT molecular complexity index is 677. The molecule has 0 saturated carbocycles. The molecule has 2 rings (SSSR count). The van der Waals surface area contributed by atoms with E-state index < -0.39 is 22.3 Å². The van der Waals surface area contributed by atoms with Crippen molar-refractivity contribution in [2.75, 3.05) is 6.61 Å². The summed E-state index contributed by atoms with van der Waals surface area (Å²) in [5.74, 6) is -1.22. The number of nitrogens with zero attached hydrogens (tertiary/aromatic N) is 2. The Morgan fingerprint density at radius 3 is 2.76 bits per heavy atom. The number of benzene rings is 1. The normalized spacial score (nSPS) is 15.8. The van der Waals surface area contributed by atoms with Gasteiger partial charge in [-0.3, -0.25) is 10.1 Å². The molecule has 0 aromatic heterocycles. The van der Waals surface area contributed by atoms with Crippen molar-refractivity contribution in [1.82, 2.24) is 0 Å². The molecule has 0 bridgehead atoms. The molecule has 0 atom stereocenters. The van der Waals surface area contributed by atoms with Gasteiger partial charge in [0.25, 0.3) is 0 Å². The minimum Gasteiger partial charge on any atom is -0.500 e. The minimum absolute atomic E-state index is 0.0282. The Hall–Kier alpha value is -2.90. The molecule has 0 radical (unpaired) electrons. The lowest BCUT2D eigenvalue weighted by atomic mass is 10.1. The van der Waals surface area contributed by atoms with Gasteiger partial charge in [0, 0.05) is 6.07 Å². The van der Waals surface area contributed by atoms with E-state index in [0.717, 1.165) is 6.07 Å². The first-order valence-corrected chi connectivity index (χ1v) is 6.06. The maximum Gasteiger partial charge on any atom is 0.367 e. The first-order chi connectivity index (χ1) is 9.93. The predicted octanol–water partition coefficient (Wildman–Crippen LogP) is 2.02. The number of hydrogen-bond donors (Lipinski definition) is 1. The van der Waals surface area contributed by atoms with E-state index in [4.69, 9.17) is 4.74 Å². The number of nitro groups is 1. The summed E-state index contributed by atoms with van der Waals surface area (Å²) in [4.78, 5) is 26.2. The summed E-state index contributed by atoms with van der Waals surface area (Å²) >= 11 is 0. The molecule has 0 fully saturated rings. The lowest BCUT2D eigenvalue weighted by Crippen LogP contribution is -2.02. The topological polar surface area (TPSA) is 111 Å². The fraction of sp³-hybridized carbons (Fsp3) is 0.231. The number of carbonyl (C=O) groups excluding carboxylic acids is 1. The molecule has 0 saturated heterocycles. The molecular weight excluding hydrogens is 280 g/mol.